The largest absolute Gasteiger partial charge is 0.379 e. The lowest BCUT2D eigenvalue weighted by Crippen LogP contribution is -2.37. The molecule has 1 heterocycles. The number of anilines is 1. The van der Waals surface area contributed by atoms with E-state index in [1.807, 2.05) is 49.4 Å². The minimum Gasteiger partial charge on any atom is -0.379 e. The van der Waals surface area contributed by atoms with Crippen molar-refractivity contribution in [2.24, 2.45) is 0 Å². The predicted molar refractivity (Wildman–Crippen MR) is 82.1 cm³/mol. The molecule has 102 valence electrons. The van der Waals surface area contributed by atoms with Gasteiger partial charge in [-0.05, 0) is 30.7 Å². The Morgan fingerprint density at radius 3 is 2.85 bits per heavy atom. The van der Waals surface area contributed by atoms with Gasteiger partial charge in [0.15, 0.2) is 5.75 Å². The van der Waals surface area contributed by atoms with Crippen molar-refractivity contribution in [1.82, 2.24) is 0 Å². The van der Waals surface area contributed by atoms with Crippen LogP contribution in [0.15, 0.2) is 46.9 Å². The van der Waals surface area contributed by atoms with E-state index < -0.39 is 0 Å². The molecule has 1 atom stereocenters. The van der Waals surface area contributed by atoms with E-state index in [0.717, 1.165) is 33.3 Å². The van der Waals surface area contributed by atoms with Crippen molar-refractivity contribution < 1.29 is 9.63 Å². The average Bonchev–Trinajstić information content (AvgIpc) is 2.49. The molecule has 0 saturated carbocycles. The second kappa shape index (κ2) is 5.29. The summed E-state index contributed by atoms with van der Waals surface area (Å²) in [6.07, 6.45) is 0.988. The monoisotopic (exact) mass is 331 g/mol. The Kier molecular flexibility index (Phi) is 3.49. The Hall–Kier alpha value is -1.81. The van der Waals surface area contributed by atoms with Crippen molar-refractivity contribution in [3.8, 4) is 5.75 Å². The molecule has 1 aliphatic heterocycles. The number of aldehydes is 1. The number of hydroxylamine groups is 1. The highest BCUT2D eigenvalue weighted by molar-refractivity contribution is 9.10. The summed E-state index contributed by atoms with van der Waals surface area (Å²) in [5.74, 6) is 0.577. The van der Waals surface area contributed by atoms with Gasteiger partial charge in [-0.1, -0.05) is 40.2 Å². The van der Waals surface area contributed by atoms with Crippen LogP contribution in [0.4, 0.5) is 5.69 Å². The summed E-state index contributed by atoms with van der Waals surface area (Å²) in [6, 6.07) is 13.6. The van der Waals surface area contributed by atoms with E-state index in [-0.39, 0.29) is 5.92 Å². The van der Waals surface area contributed by atoms with Crippen LogP contribution in [0.2, 0.25) is 0 Å². The molecule has 0 aliphatic carbocycles. The fourth-order valence-corrected chi connectivity index (χ4v) is 2.79. The number of fused-ring (bicyclic) bond motifs is 1. The van der Waals surface area contributed by atoms with Crippen LogP contribution >= 0.6 is 15.9 Å². The van der Waals surface area contributed by atoms with Gasteiger partial charge in [0.25, 0.3) is 0 Å². The Morgan fingerprint density at radius 1 is 1.25 bits per heavy atom. The molecule has 3 rings (SSSR count). The topological polar surface area (TPSA) is 29.5 Å². The fourth-order valence-electron chi connectivity index (χ4n) is 2.43. The van der Waals surface area contributed by atoms with Crippen molar-refractivity contribution in [2.75, 3.05) is 11.6 Å². The van der Waals surface area contributed by atoms with E-state index in [2.05, 4.69) is 15.9 Å². The lowest BCUT2D eigenvalue weighted by Gasteiger charge is -2.34. The van der Waals surface area contributed by atoms with E-state index in [1.165, 1.54) is 0 Å². The van der Waals surface area contributed by atoms with Crippen LogP contribution in [0.1, 0.15) is 17.0 Å². The zero-order valence-corrected chi connectivity index (χ0v) is 12.6. The zero-order valence-electron chi connectivity index (χ0n) is 11.0. The van der Waals surface area contributed by atoms with Crippen molar-refractivity contribution >= 4 is 27.9 Å². The van der Waals surface area contributed by atoms with E-state index in [4.69, 9.17) is 4.84 Å². The zero-order chi connectivity index (χ0) is 14.1. The quantitative estimate of drug-likeness (QED) is 0.783. The minimum atomic E-state index is -0.168. The SMILES string of the molecule is Cc1c(Br)cccc1N1CC(C=O)c2ccccc2O1. The summed E-state index contributed by atoms with van der Waals surface area (Å²) in [7, 11) is 0. The van der Waals surface area contributed by atoms with Gasteiger partial charge in [-0.3, -0.25) is 0 Å². The maximum Gasteiger partial charge on any atom is 0.159 e. The summed E-state index contributed by atoms with van der Waals surface area (Å²) in [5.41, 5.74) is 3.02. The third kappa shape index (κ3) is 2.20. The lowest BCUT2D eigenvalue weighted by atomic mass is 9.98. The van der Waals surface area contributed by atoms with Gasteiger partial charge in [-0.2, -0.15) is 0 Å². The first-order chi connectivity index (χ1) is 9.70. The van der Waals surface area contributed by atoms with Crippen LogP contribution < -0.4 is 9.90 Å². The molecule has 1 aliphatic rings. The second-order valence-corrected chi connectivity index (χ2v) is 5.67. The first-order valence-electron chi connectivity index (χ1n) is 6.45. The van der Waals surface area contributed by atoms with E-state index >= 15 is 0 Å². The molecule has 0 spiro atoms. The number of carbonyl (C=O) groups excluding carboxylic acids is 1. The number of nitrogens with zero attached hydrogens (tertiary/aromatic N) is 1. The van der Waals surface area contributed by atoms with Gasteiger partial charge in [0.1, 0.15) is 6.29 Å². The third-order valence-electron chi connectivity index (χ3n) is 3.56. The van der Waals surface area contributed by atoms with Crippen LogP contribution in [-0.4, -0.2) is 12.8 Å². The summed E-state index contributed by atoms with van der Waals surface area (Å²) in [5, 5.41) is 1.79. The molecule has 2 aromatic carbocycles. The van der Waals surface area contributed by atoms with Gasteiger partial charge in [0.05, 0.1) is 18.2 Å². The average molecular weight is 332 g/mol. The molecule has 0 radical (unpaired) electrons. The molecule has 20 heavy (non-hydrogen) atoms. The highest BCUT2D eigenvalue weighted by Crippen LogP contribution is 2.36. The number of hydrogen-bond donors (Lipinski definition) is 0. The first kappa shape index (κ1) is 13.2. The summed E-state index contributed by atoms with van der Waals surface area (Å²) < 4.78 is 1.03. The van der Waals surface area contributed by atoms with Gasteiger partial charge >= 0.3 is 0 Å². The van der Waals surface area contributed by atoms with E-state index in [9.17, 15) is 4.79 Å². The number of rotatable bonds is 2. The number of para-hydroxylation sites is 1. The molecular formula is C16H14BrNO2. The van der Waals surface area contributed by atoms with Gasteiger partial charge in [0.2, 0.25) is 0 Å². The highest BCUT2D eigenvalue weighted by atomic mass is 79.9. The Morgan fingerprint density at radius 2 is 2.05 bits per heavy atom. The van der Waals surface area contributed by atoms with Crippen molar-refractivity contribution in [1.29, 1.82) is 0 Å². The third-order valence-corrected chi connectivity index (χ3v) is 4.42. The molecule has 0 bridgehead atoms. The summed E-state index contributed by atoms with van der Waals surface area (Å²) in [6.45, 7) is 2.55. The van der Waals surface area contributed by atoms with Gasteiger partial charge in [-0.15, -0.1) is 0 Å². The van der Waals surface area contributed by atoms with Crippen LogP contribution in [0.5, 0.6) is 5.75 Å². The fraction of sp³-hybridized carbons (Fsp3) is 0.188. The van der Waals surface area contributed by atoms with Crippen LogP contribution in [0, 0.1) is 6.92 Å². The maximum absolute atomic E-state index is 11.4. The molecule has 0 fully saturated rings. The number of benzene rings is 2. The maximum atomic E-state index is 11.4. The van der Waals surface area contributed by atoms with Crippen LogP contribution in [-0.2, 0) is 4.79 Å². The molecule has 0 saturated heterocycles. The predicted octanol–water partition coefficient (Wildman–Crippen LogP) is 3.85. The number of halogens is 1. The Balaban J connectivity index is 2.02. The van der Waals surface area contributed by atoms with Gasteiger partial charge < -0.3 is 9.63 Å². The number of carbonyl (C=O) groups is 1. The van der Waals surface area contributed by atoms with E-state index in [1.54, 1.807) is 5.06 Å². The Bertz CT molecular complexity index is 657. The lowest BCUT2D eigenvalue weighted by molar-refractivity contribution is -0.109. The summed E-state index contributed by atoms with van der Waals surface area (Å²) in [4.78, 5) is 17.3. The second-order valence-electron chi connectivity index (χ2n) is 4.82. The summed E-state index contributed by atoms with van der Waals surface area (Å²) >= 11 is 3.52. The Labute approximate surface area is 126 Å². The molecule has 1 unspecified atom stereocenters. The molecular weight excluding hydrogens is 318 g/mol. The van der Waals surface area contributed by atoms with Crippen molar-refractivity contribution in [2.45, 2.75) is 12.8 Å². The standard InChI is InChI=1S/C16H14BrNO2/c1-11-14(17)6-4-7-15(11)18-9-12(10-19)13-5-2-3-8-16(13)20-18/h2-8,10,12H,9H2,1H3. The number of hydrogen-bond acceptors (Lipinski definition) is 3. The molecule has 0 N–H and O–H groups in total. The van der Waals surface area contributed by atoms with Gasteiger partial charge in [-0.25, -0.2) is 5.06 Å². The molecule has 4 heteroatoms. The van der Waals surface area contributed by atoms with Crippen molar-refractivity contribution in [3.05, 3.63) is 58.1 Å². The minimum absolute atomic E-state index is 0.168. The van der Waals surface area contributed by atoms with E-state index in [0.29, 0.717) is 6.54 Å². The highest BCUT2D eigenvalue weighted by Gasteiger charge is 2.27. The van der Waals surface area contributed by atoms with Crippen molar-refractivity contribution in [3.63, 3.8) is 0 Å². The molecule has 0 amide bonds. The van der Waals surface area contributed by atoms with Crippen LogP contribution in [0.3, 0.4) is 0 Å². The molecule has 0 aromatic heterocycles. The van der Waals surface area contributed by atoms with Gasteiger partial charge in [0, 0.05) is 10.0 Å². The molecule has 2 aromatic rings. The first-order valence-corrected chi connectivity index (χ1v) is 7.25. The van der Waals surface area contributed by atoms with Crippen LogP contribution in [0.25, 0.3) is 0 Å². The smallest absolute Gasteiger partial charge is 0.159 e. The molecule has 3 nitrogen and oxygen atoms in total. The normalized spacial score (nSPS) is 17.3.